The van der Waals surface area contributed by atoms with Gasteiger partial charge in [0.05, 0.1) is 29.5 Å². The lowest BCUT2D eigenvalue weighted by Crippen LogP contribution is -2.58. The molecular formula is C15H20ClN7O2. The van der Waals surface area contributed by atoms with Gasteiger partial charge in [0.15, 0.2) is 11.5 Å². The molecule has 2 aromatic heterocycles. The molecule has 2 fully saturated rings. The summed E-state index contributed by atoms with van der Waals surface area (Å²) >= 11 is 5.91. The number of rotatable bonds is 4. The lowest BCUT2D eigenvalue weighted by molar-refractivity contribution is -0.0616. The van der Waals surface area contributed by atoms with Gasteiger partial charge in [-0.2, -0.15) is 0 Å². The fourth-order valence-electron chi connectivity index (χ4n) is 3.13. The molecule has 5 N–H and O–H groups in total. The summed E-state index contributed by atoms with van der Waals surface area (Å²) in [5.74, 6) is -0.187. The minimum absolute atomic E-state index is 0.0252. The quantitative estimate of drug-likeness (QED) is 0.572. The molecule has 10 heteroatoms. The number of hydrogen-bond acceptors (Lipinski definition) is 7. The number of nitrogens with one attached hydrogen (secondary N) is 3. The summed E-state index contributed by atoms with van der Waals surface area (Å²) in [4.78, 5) is 17.0. The molecule has 1 unspecified atom stereocenters. The lowest BCUT2D eigenvalue weighted by atomic mass is 10.0. The number of nitrogens with two attached hydrogens (primary N) is 1. The molecule has 0 saturated carbocycles. The molecule has 2 aliphatic heterocycles. The van der Waals surface area contributed by atoms with Crippen molar-refractivity contribution < 1.29 is 9.53 Å². The van der Waals surface area contributed by atoms with E-state index >= 15 is 0 Å². The molecule has 4 rings (SSSR count). The standard InChI is InChI=1S/C15H20ClN7O2/c16-8-3-20-14-12(13(17)22-23(14)7-8)15(24)21-10-6-18-2-1-11(10)25-9-4-19-5-9/h3,7,9-11,18-19H,1-2,4-6H2,(H2,17,22)(H,21,24)/t10?,11-/m0/s1. The number of hydrogen-bond donors (Lipinski definition) is 4. The molecule has 2 atom stereocenters. The number of nitrogen functional groups attached to an aromatic ring is 1. The summed E-state index contributed by atoms with van der Waals surface area (Å²) in [5.41, 5.74) is 6.56. The fraction of sp³-hybridized carbons (Fsp3) is 0.533. The van der Waals surface area contributed by atoms with E-state index in [0.717, 1.165) is 26.1 Å². The van der Waals surface area contributed by atoms with E-state index in [1.54, 1.807) is 6.20 Å². The van der Waals surface area contributed by atoms with Crippen molar-refractivity contribution in [3.8, 4) is 0 Å². The van der Waals surface area contributed by atoms with Gasteiger partial charge in [-0.25, -0.2) is 9.50 Å². The van der Waals surface area contributed by atoms with Gasteiger partial charge in [-0.3, -0.25) is 4.79 Å². The van der Waals surface area contributed by atoms with Crippen LogP contribution in [-0.2, 0) is 4.74 Å². The zero-order valence-electron chi connectivity index (χ0n) is 13.5. The number of amides is 1. The minimum atomic E-state index is -0.309. The third kappa shape index (κ3) is 3.28. The average Bonchev–Trinajstić information content (AvgIpc) is 2.87. The number of anilines is 1. The van der Waals surface area contributed by atoms with Crippen molar-refractivity contribution in [2.45, 2.75) is 24.7 Å². The molecule has 0 bridgehead atoms. The van der Waals surface area contributed by atoms with Gasteiger partial charge in [-0.1, -0.05) is 11.6 Å². The second-order valence-electron chi connectivity index (χ2n) is 6.33. The van der Waals surface area contributed by atoms with Crippen molar-refractivity contribution >= 4 is 29.0 Å². The molecule has 9 nitrogen and oxygen atoms in total. The maximum Gasteiger partial charge on any atom is 0.259 e. The number of ether oxygens (including phenoxy) is 1. The summed E-state index contributed by atoms with van der Waals surface area (Å²) in [6.45, 7) is 3.23. The van der Waals surface area contributed by atoms with E-state index in [2.05, 4.69) is 26.0 Å². The van der Waals surface area contributed by atoms with Crippen LogP contribution in [0.2, 0.25) is 5.02 Å². The Morgan fingerprint density at radius 1 is 1.40 bits per heavy atom. The first-order valence-corrected chi connectivity index (χ1v) is 8.66. The lowest BCUT2D eigenvalue weighted by Gasteiger charge is -2.38. The van der Waals surface area contributed by atoms with E-state index in [1.165, 1.54) is 10.7 Å². The number of nitrogens with zero attached hydrogens (tertiary/aromatic N) is 3. The van der Waals surface area contributed by atoms with Crippen LogP contribution < -0.4 is 21.7 Å². The molecule has 4 heterocycles. The highest BCUT2D eigenvalue weighted by Crippen LogP contribution is 2.19. The van der Waals surface area contributed by atoms with Crippen molar-refractivity contribution in [2.75, 3.05) is 31.9 Å². The van der Waals surface area contributed by atoms with Gasteiger partial charge < -0.3 is 26.4 Å². The summed E-state index contributed by atoms with van der Waals surface area (Å²) in [7, 11) is 0. The molecule has 2 saturated heterocycles. The Kier molecular flexibility index (Phi) is 4.46. The summed E-state index contributed by atoms with van der Waals surface area (Å²) in [6, 6.07) is -0.136. The largest absolute Gasteiger partial charge is 0.381 e. The first-order chi connectivity index (χ1) is 12.1. The molecule has 2 aromatic rings. The van der Waals surface area contributed by atoms with Crippen LogP contribution in [-0.4, -0.2) is 64.9 Å². The highest BCUT2D eigenvalue weighted by molar-refractivity contribution is 6.30. The first-order valence-electron chi connectivity index (χ1n) is 8.29. The Bertz CT molecular complexity index is 792. The number of halogens is 1. The Morgan fingerprint density at radius 3 is 3.00 bits per heavy atom. The molecule has 0 radical (unpaired) electrons. The number of carbonyl (C=O) groups excluding carboxylic acids is 1. The SMILES string of the molecule is Nc1nn2cc(Cl)cnc2c1C(=O)NC1CNCC[C@@H]1OC1CNC1. The molecule has 0 aliphatic carbocycles. The Morgan fingerprint density at radius 2 is 2.24 bits per heavy atom. The highest BCUT2D eigenvalue weighted by Gasteiger charge is 2.32. The van der Waals surface area contributed by atoms with Gasteiger partial charge in [0.1, 0.15) is 5.56 Å². The van der Waals surface area contributed by atoms with Crippen LogP contribution in [0, 0.1) is 0 Å². The molecule has 0 spiro atoms. The van der Waals surface area contributed by atoms with E-state index < -0.39 is 0 Å². The van der Waals surface area contributed by atoms with E-state index in [-0.39, 0.29) is 35.5 Å². The topological polar surface area (TPSA) is 119 Å². The third-order valence-corrected chi connectivity index (χ3v) is 4.74. The molecule has 134 valence electrons. The minimum Gasteiger partial charge on any atom is -0.381 e. The van der Waals surface area contributed by atoms with Gasteiger partial charge >= 0.3 is 0 Å². The van der Waals surface area contributed by atoms with Crippen molar-refractivity contribution in [1.29, 1.82) is 0 Å². The van der Waals surface area contributed by atoms with E-state index in [1.807, 2.05) is 0 Å². The molecular weight excluding hydrogens is 346 g/mol. The fourth-order valence-corrected chi connectivity index (χ4v) is 3.28. The number of piperidine rings is 1. The molecule has 25 heavy (non-hydrogen) atoms. The molecule has 0 aromatic carbocycles. The second kappa shape index (κ2) is 6.75. The summed E-state index contributed by atoms with van der Waals surface area (Å²) in [5, 5.41) is 14.0. The zero-order chi connectivity index (χ0) is 17.4. The van der Waals surface area contributed by atoms with Gasteiger partial charge in [-0.15, -0.1) is 5.10 Å². The van der Waals surface area contributed by atoms with Gasteiger partial charge in [0.25, 0.3) is 5.91 Å². The van der Waals surface area contributed by atoms with Crippen LogP contribution in [0.4, 0.5) is 5.82 Å². The van der Waals surface area contributed by atoms with Gasteiger partial charge in [0.2, 0.25) is 0 Å². The Hall–Kier alpha value is -1.94. The predicted octanol–water partition coefficient (Wildman–Crippen LogP) is -0.586. The average molecular weight is 366 g/mol. The molecule has 2 aliphatic rings. The van der Waals surface area contributed by atoms with Crippen molar-refractivity contribution in [3.05, 3.63) is 23.0 Å². The van der Waals surface area contributed by atoms with Gasteiger partial charge in [-0.05, 0) is 13.0 Å². The monoisotopic (exact) mass is 365 g/mol. The van der Waals surface area contributed by atoms with Crippen molar-refractivity contribution in [2.24, 2.45) is 0 Å². The number of carbonyl (C=O) groups is 1. The van der Waals surface area contributed by atoms with E-state index in [4.69, 9.17) is 22.1 Å². The van der Waals surface area contributed by atoms with Gasteiger partial charge in [0, 0.05) is 25.8 Å². The molecule has 1 amide bonds. The smallest absolute Gasteiger partial charge is 0.259 e. The summed E-state index contributed by atoms with van der Waals surface area (Å²) in [6.07, 6.45) is 4.07. The normalized spacial score (nSPS) is 24.2. The zero-order valence-corrected chi connectivity index (χ0v) is 14.3. The van der Waals surface area contributed by atoms with Crippen LogP contribution in [0.25, 0.3) is 5.65 Å². The Labute approximate surface area is 149 Å². The number of fused-ring (bicyclic) bond motifs is 1. The summed E-state index contributed by atoms with van der Waals surface area (Å²) < 4.78 is 7.51. The van der Waals surface area contributed by atoms with E-state index in [0.29, 0.717) is 17.2 Å². The predicted molar refractivity (Wildman–Crippen MR) is 92.7 cm³/mol. The first kappa shape index (κ1) is 16.5. The Balaban J connectivity index is 1.53. The van der Waals surface area contributed by atoms with Crippen LogP contribution in [0.1, 0.15) is 16.8 Å². The van der Waals surface area contributed by atoms with Crippen molar-refractivity contribution in [3.63, 3.8) is 0 Å². The van der Waals surface area contributed by atoms with Crippen LogP contribution in [0.3, 0.4) is 0 Å². The highest BCUT2D eigenvalue weighted by atomic mass is 35.5. The van der Waals surface area contributed by atoms with Crippen LogP contribution >= 0.6 is 11.6 Å². The second-order valence-corrected chi connectivity index (χ2v) is 6.76. The third-order valence-electron chi connectivity index (χ3n) is 4.54. The van der Waals surface area contributed by atoms with Crippen molar-refractivity contribution in [1.82, 2.24) is 30.5 Å². The maximum absolute atomic E-state index is 12.8. The van der Waals surface area contributed by atoms with Crippen LogP contribution in [0.5, 0.6) is 0 Å². The van der Waals surface area contributed by atoms with E-state index in [9.17, 15) is 4.79 Å². The maximum atomic E-state index is 12.8. The van der Waals surface area contributed by atoms with Crippen LogP contribution in [0.15, 0.2) is 12.4 Å². The number of aromatic nitrogens is 3.